The quantitative estimate of drug-likeness (QED) is 0.871. The van der Waals surface area contributed by atoms with Crippen molar-refractivity contribution in [2.45, 2.75) is 24.9 Å². The second-order valence-corrected chi connectivity index (χ2v) is 7.42. The Kier molecular flexibility index (Phi) is 3.46. The van der Waals surface area contributed by atoms with Gasteiger partial charge in [-0.15, -0.1) is 0 Å². The topological polar surface area (TPSA) is 78.5 Å². The third kappa shape index (κ3) is 2.30. The van der Waals surface area contributed by atoms with Crippen LogP contribution in [0.2, 0.25) is 5.02 Å². The van der Waals surface area contributed by atoms with Crippen molar-refractivity contribution >= 4 is 23.4 Å². The Morgan fingerprint density at radius 2 is 1.96 bits per heavy atom. The lowest BCUT2D eigenvalue weighted by Crippen LogP contribution is -2.50. The van der Waals surface area contributed by atoms with Gasteiger partial charge in [0.05, 0.1) is 36.0 Å². The number of aromatic nitrogens is 2. The van der Waals surface area contributed by atoms with E-state index >= 15 is 0 Å². The van der Waals surface area contributed by atoms with Crippen LogP contribution in [0.3, 0.4) is 0 Å². The average Bonchev–Trinajstić information content (AvgIpc) is 3.42. The summed E-state index contributed by atoms with van der Waals surface area (Å²) in [6, 6.07) is 3.62. The summed E-state index contributed by atoms with van der Waals surface area (Å²) in [4.78, 5) is 29.4. The highest BCUT2D eigenvalue weighted by atomic mass is 35.5. The highest BCUT2D eigenvalue weighted by Crippen LogP contribution is 2.37. The van der Waals surface area contributed by atoms with E-state index in [2.05, 4.69) is 10.2 Å². The number of aromatic amines is 1. The first kappa shape index (κ1) is 15.7. The molecule has 2 amide bonds. The number of amides is 2. The molecule has 2 saturated heterocycles. The summed E-state index contributed by atoms with van der Waals surface area (Å²) in [5.41, 5.74) is 2.07. The SMILES string of the molecule is O=C(c1cn[nH]c1)N1C[C@@H]2C[C@H]1CN2C(=O)c1cc(Cl)cc2c1OCC2. The van der Waals surface area contributed by atoms with Crippen LogP contribution in [-0.2, 0) is 6.42 Å². The van der Waals surface area contributed by atoms with Crippen molar-refractivity contribution in [2.75, 3.05) is 19.7 Å². The van der Waals surface area contributed by atoms with Gasteiger partial charge in [0, 0.05) is 30.7 Å². The number of halogens is 1. The van der Waals surface area contributed by atoms with E-state index in [1.807, 2.05) is 15.9 Å². The molecule has 2 fully saturated rings. The van der Waals surface area contributed by atoms with E-state index in [-0.39, 0.29) is 23.9 Å². The molecule has 0 saturated carbocycles. The fourth-order valence-electron chi connectivity index (χ4n) is 4.28. The van der Waals surface area contributed by atoms with Gasteiger partial charge in [-0.2, -0.15) is 5.10 Å². The molecule has 0 spiro atoms. The third-order valence-electron chi connectivity index (χ3n) is 5.49. The van der Waals surface area contributed by atoms with Gasteiger partial charge in [-0.05, 0) is 24.1 Å². The summed E-state index contributed by atoms with van der Waals surface area (Å²) >= 11 is 6.19. The summed E-state index contributed by atoms with van der Waals surface area (Å²) in [6.07, 6.45) is 4.71. The summed E-state index contributed by atoms with van der Waals surface area (Å²) in [5, 5.41) is 7.06. The van der Waals surface area contributed by atoms with Crippen LogP contribution in [0, 0.1) is 0 Å². The zero-order chi connectivity index (χ0) is 17.8. The molecule has 2 aromatic rings. The summed E-state index contributed by atoms with van der Waals surface area (Å²) in [5.74, 6) is 0.562. The minimum Gasteiger partial charge on any atom is -0.492 e. The zero-order valence-corrected chi connectivity index (χ0v) is 14.7. The third-order valence-corrected chi connectivity index (χ3v) is 5.70. The molecular formula is C18H17ClN4O3. The van der Waals surface area contributed by atoms with Gasteiger partial charge >= 0.3 is 0 Å². The van der Waals surface area contributed by atoms with Gasteiger partial charge in [0.1, 0.15) is 5.75 Å². The molecule has 26 heavy (non-hydrogen) atoms. The van der Waals surface area contributed by atoms with Crippen LogP contribution in [0.25, 0.3) is 0 Å². The molecule has 134 valence electrons. The fraction of sp³-hybridized carbons (Fsp3) is 0.389. The number of ether oxygens (including phenoxy) is 1. The Hall–Kier alpha value is -2.54. The number of benzene rings is 1. The highest BCUT2D eigenvalue weighted by Gasteiger charge is 2.48. The van der Waals surface area contributed by atoms with Crippen molar-refractivity contribution in [3.63, 3.8) is 0 Å². The van der Waals surface area contributed by atoms with Crippen LogP contribution >= 0.6 is 11.6 Å². The van der Waals surface area contributed by atoms with E-state index in [0.717, 1.165) is 18.4 Å². The predicted molar refractivity (Wildman–Crippen MR) is 93.5 cm³/mol. The van der Waals surface area contributed by atoms with E-state index < -0.39 is 0 Å². The first-order valence-corrected chi connectivity index (χ1v) is 9.05. The number of carbonyl (C=O) groups excluding carboxylic acids is 2. The van der Waals surface area contributed by atoms with E-state index in [1.165, 1.54) is 6.20 Å². The summed E-state index contributed by atoms with van der Waals surface area (Å²) < 4.78 is 5.67. The maximum absolute atomic E-state index is 13.1. The maximum atomic E-state index is 13.1. The monoisotopic (exact) mass is 372 g/mol. The molecule has 4 heterocycles. The van der Waals surface area contributed by atoms with Crippen LogP contribution in [0.4, 0.5) is 0 Å². The summed E-state index contributed by atoms with van der Waals surface area (Å²) in [7, 11) is 0. The lowest BCUT2D eigenvalue weighted by Gasteiger charge is -2.34. The van der Waals surface area contributed by atoms with Crippen molar-refractivity contribution in [1.29, 1.82) is 0 Å². The lowest BCUT2D eigenvalue weighted by atomic mass is 10.1. The standard InChI is InChI=1S/C18H17ClN4O3/c19-12-3-10-1-2-26-16(10)15(4-12)18(25)23-9-13-5-14(23)8-22(13)17(24)11-6-20-21-7-11/h3-4,6-7,13-14H,1-2,5,8-9H2,(H,20,21)/t13-,14-/m0/s1. The van der Waals surface area contributed by atoms with Crippen molar-refractivity contribution in [2.24, 2.45) is 0 Å². The molecule has 2 atom stereocenters. The average molecular weight is 373 g/mol. The molecule has 1 aromatic heterocycles. The molecule has 3 aliphatic heterocycles. The Morgan fingerprint density at radius 3 is 2.65 bits per heavy atom. The molecule has 0 radical (unpaired) electrons. The molecule has 2 bridgehead atoms. The normalized spacial score (nSPS) is 23.3. The van der Waals surface area contributed by atoms with Gasteiger partial charge in [0.15, 0.2) is 0 Å². The second-order valence-electron chi connectivity index (χ2n) is 6.99. The number of rotatable bonds is 2. The molecular weight excluding hydrogens is 356 g/mol. The van der Waals surface area contributed by atoms with Gasteiger partial charge in [-0.25, -0.2) is 0 Å². The highest BCUT2D eigenvalue weighted by molar-refractivity contribution is 6.31. The number of H-pyrrole nitrogens is 1. The number of piperazine rings is 1. The van der Waals surface area contributed by atoms with Crippen LogP contribution in [0.5, 0.6) is 5.75 Å². The number of nitrogens with one attached hydrogen (secondary N) is 1. The summed E-state index contributed by atoms with van der Waals surface area (Å²) in [6.45, 7) is 1.66. The van der Waals surface area contributed by atoms with Gasteiger partial charge in [-0.3, -0.25) is 14.7 Å². The molecule has 1 aromatic carbocycles. The van der Waals surface area contributed by atoms with Crippen molar-refractivity contribution in [1.82, 2.24) is 20.0 Å². The van der Waals surface area contributed by atoms with Gasteiger partial charge < -0.3 is 14.5 Å². The first-order valence-electron chi connectivity index (χ1n) is 8.68. The molecule has 3 aliphatic rings. The van der Waals surface area contributed by atoms with Gasteiger partial charge in [0.25, 0.3) is 11.8 Å². The Labute approximate surface area is 154 Å². The van der Waals surface area contributed by atoms with Crippen molar-refractivity contribution in [3.05, 3.63) is 46.2 Å². The van der Waals surface area contributed by atoms with Crippen LogP contribution in [0.15, 0.2) is 24.5 Å². The number of likely N-dealkylation sites (tertiary alicyclic amines) is 2. The molecule has 8 heteroatoms. The number of hydrogen-bond acceptors (Lipinski definition) is 4. The number of fused-ring (bicyclic) bond motifs is 3. The van der Waals surface area contributed by atoms with Gasteiger partial charge in [-0.1, -0.05) is 11.6 Å². The smallest absolute Gasteiger partial charge is 0.258 e. The lowest BCUT2D eigenvalue weighted by molar-refractivity contribution is 0.0524. The molecule has 5 rings (SSSR count). The van der Waals surface area contributed by atoms with Gasteiger partial charge in [0.2, 0.25) is 0 Å². The molecule has 7 nitrogen and oxygen atoms in total. The number of hydrogen-bond donors (Lipinski definition) is 1. The van der Waals surface area contributed by atoms with Crippen LogP contribution < -0.4 is 4.74 Å². The largest absolute Gasteiger partial charge is 0.492 e. The van der Waals surface area contributed by atoms with E-state index in [1.54, 1.807) is 12.3 Å². The van der Waals surface area contributed by atoms with Crippen molar-refractivity contribution < 1.29 is 14.3 Å². The Balaban J connectivity index is 1.37. The second kappa shape index (κ2) is 5.74. The Morgan fingerprint density at radius 1 is 1.19 bits per heavy atom. The predicted octanol–water partition coefficient (Wildman–Crippen LogP) is 1.74. The van der Waals surface area contributed by atoms with Crippen LogP contribution in [-0.4, -0.2) is 63.6 Å². The minimum absolute atomic E-state index is 0.0272. The number of carbonyl (C=O) groups is 2. The Bertz CT molecular complexity index is 898. The first-order chi connectivity index (χ1) is 12.6. The van der Waals surface area contributed by atoms with Crippen molar-refractivity contribution in [3.8, 4) is 5.75 Å². The van der Waals surface area contributed by atoms with Crippen LogP contribution in [0.1, 0.15) is 32.7 Å². The molecule has 0 aliphatic carbocycles. The van der Waals surface area contributed by atoms with E-state index in [0.29, 0.717) is 41.6 Å². The van der Waals surface area contributed by atoms with E-state index in [4.69, 9.17) is 16.3 Å². The molecule has 0 unspecified atom stereocenters. The molecule has 1 N–H and O–H groups in total. The minimum atomic E-state index is -0.0615. The number of nitrogens with zero attached hydrogens (tertiary/aromatic N) is 3. The fourth-order valence-corrected chi connectivity index (χ4v) is 4.52. The zero-order valence-electron chi connectivity index (χ0n) is 13.9. The maximum Gasteiger partial charge on any atom is 0.258 e. The van der Waals surface area contributed by atoms with E-state index in [9.17, 15) is 9.59 Å².